The fourth-order valence-corrected chi connectivity index (χ4v) is 1.73. The minimum Gasteiger partial charge on any atom is -0.383 e. The minimum absolute atomic E-state index is 0.296. The highest BCUT2D eigenvalue weighted by molar-refractivity contribution is 6.29. The Bertz CT molecular complexity index is 436. The van der Waals surface area contributed by atoms with Crippen LogP contribution < -0.4 is 4.90 Å². The van der Waals surface area contributed by atoms with E-state index in [2.05, 4.69) is 16.0 Å². The SMILES string of the molecule is COCCN(CCC#N)c1cc(Cl)nc(COC)n1. The van der Waals surface area contributed by atoms with Gasteiger partial charge in [0.15, 0.2) is 5.82 Å². The molecule has 0 saturated carbocycles. The average molecular weight is 285 g/mol. The van der Waals surface area contributed by atoms with E-state index in [9.17, 15) is 0 Å². The Hall–Kier alpha value is -1.42. The number of nitriles is 1. The number of aromatic nitrogens is 2. The molecule has 1 aromatic rings. The summed E-state index contributed by atoms with van der Waals surface area (Å²) in [6.07, 6.45) is 0.408. The first-order valence-electron chi connectivity index (χ1n) is 5.84. The molecule has 0 N–H and O–H groups in total. The van der Waals surface area contributed by atoms with Crippen molar-refractivity contribution in [2.24, 2.45) is 0 Å². The molecule has 0 bridgehead atoms. The van der Waals surface area contributed by atoms with Gasteiger partial charge in [0, 0.05) is 33.4 Å². The third kappa shape index (κ3) is 5.39. The Morgan fingerprint density at radius 3 is 2.74 bits per heavy atom. The first-order chi connectivity index (χ1) is 9.21. The Morgan fingerprint density at radius 1 is 1.32 bits per heavy atom. The molecule has 19 heavy (non-hydrogen) atoms. The van der Waals surface area contributed by atoms with Crippen molar-refractivity contribution >= 4 is 17.4 Å². The standard InChI is InChI=1S/C12H17ClN4O2/c1-18-7-6-17(5-3-4-14)12-8-10(13)15-11(16-12)9-19-2/h8H,3,5-7,9H2,1-2H3. The van der Waals surface area contributed by atoms with Crippen molar-refractivity contribution in [3.63, 3.8) is 0 Å². The molecule has 7 heteroatoms. The highest BCUT2D eigenvalue weighted by Crippen LogP contribution is 2.16. The van der Waals surface area contributed by atoms with Gasteiger partial charge < -0.3 is 14.4 Å². The van der Waals surface area contributed by atoms with Gasteiger partial charge in [0.1, 0.15) is 17.6 Å². The Labute approximate surface area is 117 Å². The predicted molar refractivity (Wildman–Crippen MR) is 72.1 cm³/mol. The van der Waals surface area contributed by atoms with Crippen molar-refractivity contribution < 1.29 is 9.47 Å². The molecule has 104 valence electrons. The topological polar surface area (TPSA) is 71.3 Å². The van der Waals surface area contributed by atoms with Crippen molar-refractivity contribution in [3.05, 3.63) is 17.0 Å². The van der Waals surface area contributed by atoms with Crippen LogP contribution in [0.2, 0.25) is 5.15 Å². The second kappa shape index (κ2) is 8.64. The van der Waals surface area contributed by atoms with Gasteiger partial charge >= 0.3 is 0 Å². The number of rotatable bonds is 8. The van der Waals surface area contributed by atoms with Crippen LogP contribution in [0, 0.1) is 11.3 Å². The van der Waals surface area contributed by atoms with Crippen LogP contribution in [0.25, 0.3) is 0 Å². The fourth-order valence-electron chi connectivity index (χ4n) is 1.53. The zero-order valence-electron chi connectivity index (χ0n) is 11.1. The van der Waals surface area contributed by atoms with Gasteiger partial charge in [-0.2, -0.15) is 5.26 Å². The number of methoxy groups -OCH3 is 2. The molecule has 6 nitrogen and oxygen atoms in total. The van der Waals surface area contributed by atoms with E-state index in [0.717, 1.165) is 0 Å². The van der Waals surface area contributed by atoms with Crippen LogP contribution in [0.5, 0.6) is 0 Å². The van der Waals surface area contributed by atoms with Crippen LogP contribution in [0.4, 0.5) is 5.82 Å². The molecule has 1 rings (SSSR count). The third-order valence-corrected chi connectivity index (χ3v) is 2.58. The zero-order chi connectivity index (χ0) is 14.1. The quantitative estimate of drug-likeness (QED) is 0.676. The number of hydrogen-bond acceptors (Lipinski definition) is 6. The molecular weight excluding hydrogens is 268 g/mol. The number of nitrogens with zero attached hydrogens (tertiary/aromatic N) is 4. The van der Waals surface area contributed by atoms with Gasteiger partial charge in [0.25, 0.3) is 0 Å². The molecule has 0 spiro atoms. The molecule has 0 atom stereocenters. The fraction of sp³-hybridized carbons (Fsp3) is 0.583. The number of ether oxygens (including phenoxy) is 2. The lowest BCUT2D eigenvalue weighted by atomic mass is 10.3. The van der Waals surface area contributed by atoms with Crippen LogP contribution in [0.1, 0.15) is 12.2 Å². The van der Waals surface area contributed by atoms with Gasteiger partial charge in [-0.15, -0.1) is 0 Å². The summed E-state index contributed by atoms with van der Waals surface area (Å²) in [5.41, 5.74) is 0. The molecule has 0 radical (unpaired) electrons. The summed E-state index contributed by atoms with van der Waals surface area (Å²) in [4.78, 5) is 10.4. The van der Waals surface area contributed by atoms with E-state index in [1.54, 1.807) is 20.3 Å². The normalized spacial score (nSPS) is 10.2. The largest absolute Gasteiger partial charge is 0.383 e. The van der Waals surface area contributed by atoms with E-state index in [0.29, 0.717) is 49.5 Å². The van der Waals surface area contributed by atoms with E-state index >= 15 is 0 Å². The van der Waals surface area contributed by atoms with Crippen LogP contribution in [-0.4, -0.2) is 43.9 Å². The molecule has 0 saturated heterocycles. The molecule has 1 aromatic heterocycles. The lowest BCUT2D eigenvalue weighted by Gasteiger charge is -2.22. The summed E-state index contributed by atoms with van der Waals surface area (Å²) in [6.45, 7) is 2.05. The first kappa shape index (κ1) is 15.6. The van der Waals surface area contributed by atoms with Crippen molar-refractivity contribution in [2.75, 3.05) is 38.8 Å². The number of anilines is 1. The number of hydrogen-bond donors (Lipinski definition) is 0. The van der Waals surface area contributed by atoms with E-state index in [-0.39, 0.29) is 0 Å². The monoisotopic (exact) mass is 284 g/mol. The van der Waals surface area contributed by atoms with Gasteiger partial charge in [-0.05, 0) is 0 Å². The highest BCUT2D eigenvalue weighted by atomic mass is 35.5. The van der Waals surface area contributed by atoms with Crippen LogP contribution in [-0.2, 0) is 16.1 Å². The maximum absolute atomic E-state index is 8.69. The van der Waals surface area contributed by atoms with Gasteiger partial charge in [-0.25, -0.2) is 9.97 Å². The summed E-state index contributed by atoms with van der Waals surface area (Å²) in [7, 11) is 3.20. The van der Waals surface area contributed by atoms with Gasteiger partial charge in [-0.1, -0.05) is 11.6 Å². The van der Waals surface area contributed by atoms with Gasteiger partial charge in [0.2, 0.25) is 0 Å². The molecule has 0 fully saturated rings. The van der Waals surface area contributed by atoms with Crippen molar-refractivity contribution in [1.29, 1.82) is 5.26 Å². The van der Waals surface area contributed by atoms with Gasteiger partial charge in [0.05, 0.1) is 19.1 Å². The molecule has 1 heterocycles. The molecule has 0 amide bonds. The lowest BCUT2D eigenvalue weighted by Crippen LogP contribution is -2.29. The molecular formula is C12H17ClN4O2. The van der Waals surface area contributed by atoms with Crippen molar-refractivity contribution in [2.45, 2.75) is 13.0 Å². The van der Waals surface area contributed by atoms with E-state index in [1.807, 2.05) is 4.90 Å². The van der Waals surface area contributed by atoms with E-state index < -0.39 is 0 Å². The summed E-state index contributed by atoms with van der Waals surface area (Å²) in [5, 5.41) is 9.05. The first-order valence-corrected chi connectivity index (χ1v) is 6.22. The van der Waals surface area contributed by atoms with Crippen molar-refractivity contribution in [1.82, 2.24) is 9.97 Å². The molecule has 0 unspecified atom stereocenters. The maximum Gasteiger partial charge on any atom is 0.158 e. The molecule has 0 aliphatic rings. The van der Waals surface area contributed by atoms with Gasteiger partial charge in [-0.3, -0.25) is 0 Å². The second-order valence-electron chi connectivity index (χ2n) is 3.79. The Kier molecular flexibility index (Phi) is 7.11. The maximum atomic E-state index is 8.69. The highest BCUT2D eigenvalue weighted by Gasteiger charge is 2.11. The second-order valence-corrected chi connectivity index (χ2v) is 4.17. The van der Waals surface area contributed by atoms with E-state index in [4.69, 9.17) is 26.3 Å². The van der Waals surface area contributed by atoms with Crippen LogP contribution >= 0.6 is 11.6 Å². The molecule has 0 aliphatic carbocycles. The van der Waals surface area contributed by atoms with E-state index in [1.165, 1.54) is 0 Å². The summed E-state index contributed by atoms with van der Waals surface area (Å²) < 4.78 is 10.1. The predicted octanol–water partition coefficient (Wildman–Crippen LogP) is 1.64. The third-order valence-electron chi connectivity index (χ3n) is 2.38. The van der Waals surface area contributed by atoms with Crippen molar-refractivity contribution in [3.8, 4) is 6.07 Å². The summed E-state index contributed by atoms with van der Waals surface area (Å²) >= 11 is 5.97. The minimum atomic E-state index is 0.296. The molecule has 0 aromatic carbocycles. The zero-order valence-corrected chi connectivity index (χ0v) is 11.9. The lowest BCUT2D eigenvalue weighted by molar-refractivity contribution is 0.177. The molecule has 0 aliphatic heterocycles. The van der Waals surface area contributed by atoms with Crippen LogP contribution in [0.15, 0.2) is 6.07 Å². The number of halogens is 1. The average Bonchev–Trinajstić information content (AvgIpc) is 2.38. The smallest absolute Gasteiger partial charge is 0.158 e. The Morgan fingerprint density at radius 2 is 2.11 bits per heavy atom. The summed E-state index contributed by atoms with van der Waals surface area (Å²) in [6, 6.07) is 3.79. The Balaban J connectivity index is 2.89. The summed E-state index contributed by atoms with van der Waals surface area (Å²) in [5.74, 6) is 1.20. The van der Waals surface area contributed by atoms with Crippen LogP contribution in [0.3, 0.4) is 0 Å².